The third kappa shape index (κ3) is 9.65. The van der Waals surface area contributed by atoms with Gasteiger partial charge in [0.1, 0.15) is 12.7 Å². The molecule has 0 amide bonds. The van der Waals surface area contributed by atoms with E-state index in [9.17, 15) is 4.79 Å². The number of unbranched alkanes of at least 4 members (excludes halogenated alkanes) is 1. The Bertz CT molecular complexity index is 680. The molecule has 0 aliphatic heterocycles. The van der Waals surface area contributed by atoms with E-state index in [1.54, 1.807) is 0 Å². The molecule has 2 aromatic carbocycles. The molecule has 0 heterocycles. The number of hydrogen-bond donors (Lipinski definition) is 0. The molecule has 2 unspecified atom stereocenters. The van der Waals surface area contributed by atoms with Crippen molar-refractivity contribution in [1.82, 2.24) is 0 Å². The second-order valence-electron chi connectivity index (χ2n) is 6.39. The Morgan fingerprint density at radius 1 is 0.929 bits per heavy atom. The predicted molar refractivity (Wildman–Crippen MR) is 108 cm³/mol. The van der Waals surface area contributed by atoms with E-state index >= 15 is 0 Å². The van der Waals surface area contributed by atoms with Crippen molar-refractivity contribution in [3.8, 4) is 0 Å². The molecule has 152 valence electrons. The lowest BCUT2D eigenvalue weighted by molar-refractivity contribution is -0.151. The lowest BCUT2D eigenvalue weighted by Crippen LogP contribution is -2.27. The van der Waals surface area contributed by atoms with Crippen molar-refractivity contribution in [2.45, 2.75) is 39.1 Å². The third-order valence-corrected chi connectivity index (χ3v) is 3.95. The minimum Gasteiger partial charge on any atom is -0.464 e. The molecular weight excluding hydrogens is 356 g/mol. The fourth-order valence-electron chi connectivity index (χ4n) is 2.39. The molecule has 2 aromatic rings. The van der Waals surface area contributed by atoms with Gasteiger partial charge in [0.15, 0.2) is 0 Å². The highest BCUT2D eigenvalue weighted by Crippen LogP contribution is 2.07. The van der Waals surface area contributed by atoms with Crippen LogP contribution < -0.4 is 0 Å². The molecule has 0 N–H and O–H groups in total. The molecule has 0 bridgehead atoms. The Hall–Kier alpha value is -2.21. The first-order valence-electron chi connectivity index (χ1n) is 10.2. The van der Waals surface area contributed by atoms with Gasteiger partial charge in [0.25, 0.3) is 0 Å². The third-order valence-electron chi connectivity index (χ3n) is 3.95. The van der Waals surface area contributed by atoms with Crippen LogP contribution in [0.15, 0.2) is 60.7 Å². The highest BCUT2D eigenvalue weighted by molar-refractivity contribution is 5.70. The minimum absolute atomic E-state index is 0.0681. The molecule has 0 aromatic heterocycles. The molecule has 2 atom stereocenters. The second kappa shape index (κ2) is 13.9. The van der Waals surface area contributed by atoms with Gasteiger partial charge in [-0.25, -0.2) is 4.79 Å². The van der Waals surface area contributed by atoms with Gasteiger partial charge in [0, 0.05) is 0 Å². The zero-order valence-electron chi connectivity index (χ0n) is 17.4. The van der Waals surface area contributed by atoms with E-state index in [0.29, 0.717) is 26.4 Å². The molecule has 0 radical (unpaired) electrons. The number of benzene rings is 2. The molecule has 28 heavy (non-hydrogen) atoms. The normalized spacial score (nSPS) is 13.5. The van der Waals surface area contributed by atoms with Gasteiger partial charge in [-0.15, -0.1) is 0 Å². The van der Waals surface area contributed by atoms with Crippen LogP contribution in [0.2, 0.25) is 0 Å². The molecule has 0 fully saturated rings. The fraction of sp³-hybridized carbons (Fsp3) is 0.435. The van der Waals surface area contributed by atoms with Crippen LogP contribution in [0, 0.1) is 0 Å². The first-order valence-corrected chi connectivity index (χ1v) is 9.66. The number of esters is 1. The number of rotatable bonds is 14. The monoisotopic (exact) mass is 388 g/mol. The minimum atomic E-state index is -1.39. The van der Waals surface area contributed by atoms with Crippen LogP contribution in [-0.2, 0) is 37.0 Å². The Morgan fingerprint density at radius 3 is 2.18 bits per heavy atom. The SMILES string of the molecule is [3H]C(OCC(COCc1ccccc1)OCc1ccccc1)C(=O)OCCCC. The zero-order chi connectivity index (χ0) is 20.7. The van der Waals surface area contributed by atoms with Gasteiger partial charge < -0.3 is 18.9 Å². The summed E-state index contributed by atoms with van der Waals surface area (Å²) in [5.41, 5.74) is 2.09. The van der Waals surface area contributed by atoms with Crippen LogP contribution in [0.5, 0.6) is 0 Å². The maximum absolute atomic E-state index is 11.8. The fourth-order valence-corrected chi connectivity index (χ4v) is 2.39. The summed E-state index contributed by atoms with van der Waals surface area (Å²) in [7, 11) is 0. The molecule has 0 aliphatic carbocycles. The predicted octanol–water partition coefficient (Wildman–Crippen LogP) is 4.15. The van der Waals surface area contributed by atoms with E-state index in [-0.39, 0.29) is 6.61 Å². The van der Waals surface area contributed by atoms with Crippen LogP contribution in [-0.4, -0.2) is 38.5 Å². The van der Waals surface area contributed by atoms with Crippen LogP contribution >= 0.6 is 0 Å². The lowest BCUT2D eigenvalue weighted by atomic mass is 10.2. The smallest absolute Gasteiger partial charge is 0.332 e. The maximum atomic E-state index is 11.8. The molecule has 0 saturated heterocycles. The average molecular weight is 388 g/mol. The average Bonchev–Trinajstić information content (AvgIpc) is 2.76. The zero-order valence-corrected chi connectivity index (χ0v) is 16.4. The van der Waals surface area contributed by atoms with Gasteiger partial charge in [-0.2, -0.15) is 0 Å². The largest absolute Gasteiger partial charge is 0.464 e. The van der Waals surface area contributed by atoms with Crippen LogP contribution in [0.25, 0.3) is 0 Å². The number of carbonyl (C=O) groups excluding carboxylic acids is 1. The van der Waals surface area contributed by atoms with Crippen LogP contribution in [0.4, 0.5) is 0 Å². The van der Waals surface area contributed by atoms with E-state index in [1.807, 2.05) is 67.6 Å². The highest BCUT2D eigenvalue weighted by atomic mass is 16.6. The van der Waals surface area contributed by atoms with Crippen molar-refractivity contribution in [2.24, 2.45) is 0 Å². The summed E-state index contributed by atoms with van der Waals surface area (Å²) < 4.78 is 29.9. The van der Waals surface area contributed by atoms with Gasteiger partial charge in [0.05, 0.1) is 34.4 Å². The van der Waals surface area contributed by atoms with Gasteiger partial charge in [-0.3, -0.25) is 0 Å². The number of carbonyl (C=O) groups is 1. The van der Waals surface area contributed by atoms with Gasteiger partial charge in [0.2, 0.25) is 0 Å². The molecule has 0 aliphatic rings. The highest BCUT2D eigenvalue weighted by Gasteiger charge is 2.12. The molecule has 0 spiro atoms. The van der Waals surface area contributed by atoms with Crippen molar-refractivity contribution in [2.75, 3.05) is 26.4 Å². The Labute approximate surface area is 169 Å². The standard InChI is InChI=1S/C23H30O5/c1-2-3-14-27-23(24)19-26-18-22(28-16-21-12-8-5-9-13-21)17-25-15-20-10-6-4-7-11-20/h4-13,22H,2-3,14-19H2,1H3/i19T. The van der Waals surface area contributed by atoms with E-state index < -0.39 is 18.7 Å². The molecular formula is C23H30O5. The van der Waals surface area contributed by atoms with Crippen LogP contribution in [0.3, 0.4) is 0 Å². The Balaban J connectivity index is 1.81. The van der Waals surface area contributed by atoms with Crippen molar-refractivity contribution in [3.05, 3.63) is 71.8 Å². The van der Waals surface area contributed by atoms with Gasteiger partial charge >= 0.3 is 5.97 Å². The maximum Gasteiger partial charge on any atom is 0.332 e. The first kappa shape index (κ1) is 20.5. The van der Waals surface area contributed by atoms with E-state index in [0.717, 1.165) is 24.0 Å². The summed E-state index contributed by atoms with van der Waals surface area (Å²) in [6, 6.07) is 19.6. The molecule has 2 rings (SSSR count). The van der Waals surface area contributed by atoms with E-state index in [4.69, 9.17) is 20.3 Å². The number of hydrogen-bond acceptors (Lipinski definition) is 5. The lowest BCUT2D eigenvalue weighted by Gasteiger charge is -2.18. The van der Waals surface area contributed by atoms with E-state index in [1.165, 1.54) is 0 Å². The summed E-state index contributed by atoms with van der Waals surface area (Å²) in [6.07, 6.45) is 1.29. The van der Waals surface area contributed by atoms with Crippen LogP contribution in [0.1, 0.15) is 32.3 Å². The summed E-state index contributed by atoms with van der Waals surface area (Å²) in [5, 5.41) is 0. The topological polar surface area (TPSA) is 54.0 Å². The molecule has 5 heteroatoms. The Kier molecular flexibility index (Phi) is 10.2. The summed E-state index contributed by atoms with van der Waals surface area (Å²) in [4.78, 5) is 11.8. The quantitative estimate of drug-likeness (QED) is 0.359. The van der Waals surface area contributed by atoms with E-state index in [2.05, 4.69) is 0 Å². The van der Waals surface area contributed by atoms with Gasteiger partial charge in [-0.1, -0.05) is 74.0 Å². The van der Waals surface area contributed by atoms with Crippen molar-refractivity contribution < 1.29 is 25.1 Å². The molecule has 5 nitrogen and oxygen atoms in total. The van der Waals surface area contributed by atoms with Crippen molar-refractivity contribution >= 4 is 5.97 Å². The summed E-state index contributed by atoms with van der Waals surface area (Å²) in [5.74, 6) is -0.675. The summed E-state index contributed by atoms with van der Waals surface area (Å²) in [6.45, 7) is 2.14. The van der Waals surface area contributed by atoms with Crippen molar-refractivity contribution in [1.29, 1.82) is 0 Å². The first-order chi connectivity index (χ1) is 14.2. The molecule has 0 saturated carbocycles. The van der Waals surface area contributed by atoms with Gasteiger partial charge in [-0.05, 0) is 17.5 Å². The van der Waals surface area contributed by atoms with Crippen molar-refractivity contribution in [3.63, 3.8) is 0 Å². The summed E-state index contributed by atoms with van der Waals surface area (Å²) >= 11 is 0. The second-order valence-corrected chi connectivity index (χ2v) is 6.39. The Morgan fingerprint density at radius 2 is 1.54 bits per heavy atom. The number of ether oxygens (including phenoxy) is 4.